The van der Waals surface area contributed by atoms with E-state index < -0.39 is 15.8 Å². The van der Waals surface area contributed by atoms with Gasteiger partial charge in [-0.15, -0.1) is 16.5 Å². The van der Waals surface area contributed by atoms with Crippen LogP contribution >= 0.6 is 11.6 Å². The van der Waals surface area contributed by atoms with Gasteiger partial charge in [-0.05, 0) is 13.0 Å². The molecule has 2 atom stereocenters. The first-order chi connectivity index (χ1) is 5.99. The highest BCUT2D eigenvalue weighted by atomic mass is 35.5. The Kier molecular flexibility index (Phi) is 2.47. The molecule has 0 aromatic rings. The molecule has 0 saturated heterocycles. The van der Waals surface area contributed by atoms with E-state index in [1.807, 2.05) is 0 Å². The predicted octanol–water partition coefficient (Wildman–Crippen LogP) is 1.66. The molecule has 0 aliphatic heterocycles. The van der Waals surface area contributed by atoms with Crippen LogP contribution in [-0.4, -0.2) is 15.8 Å². The fourth-order valence-electron chi connectivity index (χ4n) is 0.874. The van der Waals surface area contributed by atoms with Gasteiger partial charge in [0.15, 0.2) is 0 Å². The summed E-state index contributed by atoms with van der Waals surface area (Å²) in [6, 6.07) is 0. The summed E-state index contributed by atoms with van der Waals surface area (Å²) in [6.45, 7) is 3.46. The first-order valence-corrected chi connectivity index (χ1v) is 3.82. The Morgan fingerprint density at radius 2 is 2.38 bits per heavy atom. The zero-order valence-electron chi connectivity index (χ0n) is 6.51. The Morgan fingerprint density at radius 3 is 2.77 bits per heavy atom. The highest BCUT2D eigenvalue weighted by Gasteiger charge is 2.35. The molecule has 1 rings (SSSR count). The lowest BCUT2D eigenvalue weighted by Crippen LogP contribution is -2.32. The minimum absolute atomic E-state index is 0.150. The number of nitro groups is 1. The molecule has 0 fully saturated rings. The SMILES string of the molecule is [CH2]C1(N=O)C=CC([N+](=O)[O-])=CC1Cl. The first-order valence-electron chi connectivity index (χ1n) is 3.39. The third-order valence-electron chi connectivity index (χ3n) is 1.72. The number of alkyl halides is 1. The number of nitrogens with zero attached hydrogens (tertiary/aromatic N) is 2. The highest BCUT2D eigenvalue weighted by molar-refractivity contribution is 6.23. The summed E-state index contributed by atoms with van der Waals surface area (Å²) in [4.78, 5) is 20.0. The van der Waals surface area contributed by atoms with Crippen LogP contribution in [0, 0.1) is 21.9 Å². The minimum Gasteiger partial charge on any atom is -0.258 e. The molecule has 0 heterocycles. The summed E-state index contributed by atoms with van der Waals surface area (Å²) < 4.78 is 0. The molecule has 0 aromatic carbocycles. The number of nitroso groups, excluding NO2 is 1. The van der Waals surface area contributed by atoms with Crippen LogP contribution in [0.15, 0.2) is 29.1 Å². The largest absolute Gasteiger partial charge is 0.266 e. The molecule has 0 amide bonds. The van der Waals surface area contributed by atoms with Crippen molar-refractivity contribution in [2.45, 2.75) is 10.9 Å². The number of hydrogen-bond donors (Lipinski definition) is 0. The standard InChI is InChI=1S/C7H6ClN2O3/c1-7(9-11)3-2-5(10(12)13)4-6(7)8/h2-4,6H,1H2. The molecule has 0 saturated carbocycles. The molecule has 0 bridgehead atoms. The number of allylic oxidation sites excluding steroid dienone is 1. The van der Waals surface area contributed by atoms with E-state index in [2.05, 4.69) is 12.1 Å². The van der Waals surface area contributed by atoms with Crippen LogP contribution in [0.1, 0.15) is 0 Å². The lowest BCUT2D eigenvalue weighted by molar-refractivity contribution is -0.419. The molecule has 6 heteroatoms. The summed E-state index contributed by atoms with van der Waals surface area (Å²) in [6.07, 6.45) is 3.55. The molecule has 13 heavy (non-hydrogen) atoms. The zero-order valence-corrected chi connectivity index (χ0v) is 7.27. The van der Waals surface area contributed by atoms with Gasteiger partial charge in [-0.3, -0.25) is 10.1 Å². The van der Waals surface area contributed by atoms with Gasteiger partial charge in [0.1, 0.15) is 5.54 Å². The van der Waals surface area contributed by atoms with E-state index in [4.69, 9.17) is 11.6 Å². The molecule has 1 aliphatic rings. The third-order valence-corrected chi connectivity index (χ3v) is 2.22. The van der Waals surface area contributed by atoms with Crippen LogP contribution in [0.5, 0.6) is 0 Å². The van der Waals surface area contributed by atoms with E-state index in [-0.39, 0.29) is 5.70 Å². The van der Waals surface area contributed by atoms with E-state index in [1.165, 1.54) is 12.2 Å². The highest BCUT2D eigenvalue weighted by Crippen LogP contribution is 2.28. The van der Waals surface area contributed by atoms with Crippen molar-refractivity contribution in [2.24, 2.45) is 5.18 Å². The van der Waals surface area contributed by atoms with Crippen LogP contribution in [0.2, 0.25) is 0 Å². The van der Waals surface area contributed by atoms with Gasteiger partial charge < -0.3 is 0 Å². The first kappa shape index (κ1) is 9.85. The Hall–Kier alpha value is -1.23. The summed E-state index contributed by atoms with van der Waals surface area (Å²) in [5.74, 6) is 0. The summed E-state index contributed by atoms with van der Waals surface area (Å²) in [7, 11) is 0. The van der Waals surface area contributed by atoms with Gasteiger partial charge in [0.05, 0.1) is 10.3 Å². The lowest BCUT2D eigenvalue weighted by atomic mass is 9.93. The van der Waals surface area contributed by atoms with Crippen LogP contribution < -0.4 is 0 Å². The van der Waals surface area contributed by atoms with Crippen molar-refractivity contribution in [3.05, 3.63) is 45.9 Å². The maximum atomic E-state index is 10.3. The van der Waals surface area contributed by atoms with Crippen molar-refractivity contribution in [3.63, 3.8) is 0 Å². The van der Waals surface area contributed by atoms with Gasteiger partial charge in [0.2, 0.25) is 0 Å². The van der Waals surface area contributed by atoms with Crippen molar-refractivity contribution >= 4 is 11.6 Å². The number of hydrogen-bond acceptors (Lipinski definition) is 4. The van der Waals surface area contributed by atoms with E-state index in [9.17, 15) is 15.0 Å². The summed E-state index contributed by atoms with van der Waals surface area (Å²) in [5.41, 5.74) is -1.48. The Labute approximate surface area is 79.2 Å². The fraction of sp³-hybridized carbons (Fsp3) is 0.286. The Balaban J connectivity index is 2.97. The van der Waals surface area contributed by atoms with Crippen molar-refractivity contribution in [3.8, 4) is 0 Å². The van der Waals surface area contributed by atoms with Gasteiger partial charge in [-0.1, -0.05) is 5.18 Å². The molecule has 2 unspecified atom stereocenters. The average Bonchev–Trinajstić information content (AvgIpc) is 2.09. The molecule has 5 nitrogen and oxygen atoms in total. The van der Waals surface area contributed by atoms with Crippen LogP contribution in [-0.2, 0) is 0 Å². The van der Waals surface area contributed by atoms with E-state index in [0.717, 1.165) is 6.08 Å². The van der Waals surface area contributed by atoms with Crippen LogP contribution in [0.4, 0.5) is 0 Å². The molecular formula is C7H6ClN2O3. The topological polar surface area (TPSA) is 72.6 Å². The second-order valence-electron chi connectivity index (χ2n) is 2.67. The average molecular weight is 202 g/mol. The van der Waals surface area contributed by atoms with Gasteiger partial charge >= 0.3 is 0 Å². The second-order valence-corrected chi connectivity index (χ2v) is 3.14. The minimum atomic E-state index is -1.33. The summed E-state index contributed by atoms with van der Waals surface area (Å²) >= 11 is 5.67. The molecule has 1 radical (unpaired) electrons. The second kappa shape index (κ2) is 3.26. The van der Waals surface area contributed by atoms with Gasteiger partial charge in [-0.2, -0.15) is 0 Å². The molecule has 69 valence electrons. The molecule has 0 spiro atoms. The molecule has 0 N–H and O–H groups in total. The van der Waals surface area contributed by atoms with Gasteiger partial charge in [0.25, 0.3) is 5.70 Å². The maximum Gasteiger partial charge on any atom is 0.266 e. The van der Waals surface area contributed by atoms with Crippen molar-refractivity contribution in [1.82, 2.24) is 0 Å². The Bertz CT molecular complexity index is 313. The number of halogens is 1. The Morgan fingerprint density at radius 1 is 1.77 bits per heavy atom. The van der Waals surface area contributed by atoms with Gasteiger partial charge in [-0.25, -0.2) is 0 Å². The van der Waals surface area contributed by atoms with E-state index >= 15 is 0 Å². The maximum absolute atomic E-state index is 10.3. The number of rotatable bonds is 2. The quantitative estimate of drug-likeness (QED) is 0.295. The predicted molar refractivity (Wildman–Crippen MR) is 47.7 cm³/mol. The van der Waals surface area contributed by atoms with E-state index in [1.54, 1.807) is 0 Å². The van der Waals surface area contributed by atoms with E-state index in [0.29, 0.717) is 0 Å². The van der Waals surface area contributed by atoms with Crippen LogP contribution in [0.3, 0.4) is 0 Å². The summed E-state index contributed by atoms with van der Waals surface area (Å²) in [5, 5.41) is 12.1. The third kappa shape index (κ3) is 1.75. The molecular weight excluding hydrogens is 196 g/mol. The van der Waals surface area contributed by atoms with Crippen molar-refractivity contribution in [2.75, 3.05) is 0 Å². The fourth-order valence-corrected chi connectivity index (χ4v) is 1.12. The van der Waals surface area contributed by atoms with Gasteiger partial charge in [0, 0.05) is 12.2 Å². The van der Waals surface area contributed by atoms with Crippen LogP contribution in [0.25, 0.3) is 0 Å². The zero-order chi connectivity index (χ0) is 10.1. The van der Waals surface area contributed by atoms with Crippen molar-refractivity contribution < 1.29 is 4.92 Å². The van der Waals surface area contributed by atoms with Crippen molar-refractivity contribution in [1.29, 1.82) is 0 Å². The molecule has 0 aromatic heterocycles. The smallest absolute Gasteiger partial charge is 0.258 e. The molecule has 1 aliphatic carbocycles. The monoisotopic (exact) mass is 201 g/mol. The normalized spacial score (nSPS) is 32.5. The lowest BCUT2D eigenvalue weighted by Gasteiger charge is -2.22.